The molecule has 5 rings (SSSR count). The number of amides is 1. The van der Waals surface area contributed by atoms with Crippen molar-refractivity contribution in [2.24, 2.45) is 5.92 Å². The Morgan fingerprint density at radius 2 is 1.83 bits per heavy atom. The van der Waals surface area contributed by atoms with Gasteiger partial charge in [0.25, 0.3) is 5.91 Å². The molecule has 2 heterocycles. The molecule has 6 heteroatoms. The minimum Gasteiger partial charge on any atom is -0.549 e. The van der Waals surface area contributed by atoms with Crippen molar-refractivity contribution in [2.45, 2.75) is 25.7 Å². The summed E-state index contributed by atoms with van der Waals surface area (Å²) in [6.45, 7) is 3.92. The molecule has 3 aliphatic rings. The number of carbonyl (C=O) groups is 2. The van der Waals surface area contributed by atoms with Gasteiger partial charge >= 0.3 is 0 Å². The summed E-state index contributed by atoms with van der Waals surface area (Å²) in [6.07, 6.45) is 4.62. The standard InChI is InChI=1S/C23H27N3O3/c27-21(28)15-24-10-3-11-25(13-12-24)19-8-9-20-22-17(19)6-2-7-18(22)23(29)26(20)14-16-4-1-5-16/h2,6-9,16H,1,3-5,10-15H2,(H,27,28)/p-1. The lowest BCUT2D eigenvalue weighted by atomic mass is 9.85. The number of anilines is 2. The SMILES string of the molecule is O=C([O-])CN1CCCN(c2ccc3c4c(cccc24)C(=O)N3CC2CCC2)CC1. The number of rotatable bonds is 5. The highest BCUT2D eigenvalue weighted by Gasteiger charge is 2.33. The van der Waals surface area contributed by atoms with E-state index >= 15 is 0 Å². The monoisotopic (exact) mass is 392 g/mol. The van der Waals surface area contributed by atoms with Crippen LogP contribution in [0.1, 0.15) is 36.0 Å². The third kappa shape index (κ3) is 3.25. The lowest BCUT2D eigenvalue weighted by Gasteiger charge is -2.31. The molecule has 1 saturated heterocycles. The number of aliphatic carboxylic acids is 1. The maximum atomic E-state index is 13.1. The average Bonchev–Trinajstić information content (AvgIpc) is 2.81. The van der Waals surface area contributed by atoms with Crippen molar-refractivity contribution in [3.05, 3.63) is 35.9 Å². The summed E-state index contributed by atoms with van der Waals surface area (Å²) in [4.78, 5) is 30.3. The molecule has 152 valence electrons. The van der Waals surface area contributed by atoms with E-state index in [1.807, 2.05) is 21.9 Å². The number of nitrogens with zero attached hydrogens (tertiary/aromatic N) is 3. The summed E-state index contributed by atoms with van der Waals surface area (Å²) >= 11 is 0. The Balaban J connectivity index is 1.46. The van der Waals surface area contributed by atoms with E-state index in [1.54, 1.807) is 0 Å². The summed E-state index contributed by atoms with van der Waals surface area (Å²) in [6, 6.07) is 10.3. The van der Waals surface area contributed by atoms with E-state index in [2.05, 4.69) is 23.1 Å². The van der Waals surface area contributed by atoms with Crippen LogP contribution in [0.5, 0.6) is 0 Å². The van der Waals surface area contributed by atoms with Crippen LogP contribution in [0.4, 0.5) is 11.4 Å². The van der Waals surface area contributed by atoms with Crippen LogP contribution in [0.15, 0.2) is 30.3 Å². The maximum absolute atomic E-state index is 13.1. The van der Waals surface area contributed by atoms with Crippen LogP contribution in [-0.2, 0) is 4.79 Å². The third-order valence-electron chi connectivity index (χ3n) is 6.71. The first-order valence-corrected chi connectivity index (χ1v) is 10.7. The Morgan fingerprint density at radius 3 is 2.59 bits per heavy atom. The Morgan fingerprint density at radius 1 is 1.00 bits per heavy atom. The van der Waals surface area contributed by atoms with E-state index in [0.29, 0.717) is 12.5 Å². The van der Waals surface area contributed by atoms with Gasteiger partial charge in [-0.25, -0.2) is 0 Å². The molecule has 0 aromatic heterocycles. The zero-order valence-electron chi connectivity index (χ0n) is 16.6. The summed E-state index contributed by atoms with van der Waals surface area (Å²) in [7, 11) is 0. The van der Waals surface area contributed by atoms with E-state index in [9.17, 15) is 14.7 Å². The molecule has 0 radical (unpaired) electrons. The minimum absolute atomic E-state index is 0.0116. The van der Waals surface area contributed by atoms with Crippen molar-refractivity contribution in [1.29, 1.82) is 0 Å². The normalized spacial score (nSPS) is 20.2. The van der Waals surface area contributed by atoms with Crippen LogP contribution < -0.4 is 14.9 Å². The summed E-state index contributed by atoms with van der Waals surface area (Å²) in [5.41, 5.74) is 3.00. The van der Waals surface area contributed by atoms with Crippen molar-refractivity contribution in [2.75, 3.05) is 49.1 Å². The first kappa shape index (κ1) is 18.4. The van der Waals surface area contributed by atoms with E-state index in [-0.39, 0.29) is 12.5 Å². The average molecular weight is 392 g/mol. The van der Waals surface area contributed by atoms with Gasteiger partial charge in [-0.15, -0.1) is 0 Å². The van der Waals surface area contributed by atoms with Gasteiger partial charge in [0.15, 0.2) is 0 Å². The molecule has 2 aromatic rings. The second-order valence-electron chi connectivity index (χ2n) is 8.53. The molecule has 0 unspecified atom stereocenters. The van der Waals surface area contributed by atoms with Gasteiger partial charge in [-0.1, -0.05) is 18.6 Å². The van der Waals surface area contributed by atoms with E-state index in [1.165, 1.54) is 19.3 Å². The Labute approximate surface area is 170 Å². The second-order valence-corrected chi connectivity index (χ2v) is 8.53. The fraction of sp³-hybridized carbons (Fsp3) is 0.478. The van der Waals surface area contributed by atoms with Crippen molar-refractivity contribution >= 4 is 34.0 Å². The van der Waals surface area contributed by atoms with Gasteiger partial charge in [0.1, 0.15) is 0 Å². The van der Waals surface area contributed by atoms with Gasteiger partial charge in [0.2, 0.25) is 0 Å². The molecule has 0 atom stereocenters. The van der Waals surface area contributed by atoms with Gasteiger partial charge in [0, 0.05) is 61.3 Å². The molecule has 0 bridgehead atoms. The molecule has 2 fully saturated rings. The number of carboxylic acids is 1. The molecule has 0 N–H and O–H groups in total. The van der Waals surface area contributed by atoms with E-state index in [0.717, 1.165) is 60.3 Å². The highest BCUT2D eigenvalue weighted by atomic mass is 16.4. The van der Waals surface area contributed by atoms with Crippen LogP contribution in [-0.4, -0.2) is 56.0 Å². The third-order valence-corrected chi connectivity index (χ3v) is 6.71. The molecule has 29 heavy (non-hydrogen) atoms. The number of carbonyl (C=O) groups excluding carboxylic acids is 2. The molecular formula is C23H26N3O3-. The lowest BCUT2D eigenvalue weighted by molar-refractivity contribution is -0.306. The number of hydrogen-bond donors (Lipinski definition) is 0. The quantitative estimate of drug-likeness (QED) is 0.777. The zero-order valence-corrected chi connectivity index (χ0v) is 16.6. The van der Waals surface area contributed by atoms with E-state index < -0.39 is 5.97 Å². The minimum atomic E-state index is -1.02. The van der Waals surface area contributed by atoms with E-state index in [4.69, 9.17) is 0 Å². The molecule has 1 saturated carbocycles. The predicted octanol–water partition coefficient (Wildman–Crippen LogP) is 1.86. The van der Waals surface area contributed by atoms with Crippen molar-refractivity contribution in [3.63, 3.8) is 0 Å². The van der Waals surface area contributed by atoms with Gasteiger partial charge in [-0.05, 0) is 43.4 Å². The zero-order chi connectivity index (χ0) is 20.0. The van der Waals surface area contributed by atoms with Gasteiger partial charge < -0.3 is 19.7 Å². The van der Waals surface area contributed by atoms with Gasteiger partial charge in [-0.3, -0.25) is 9.69 Å². The van der Waals surface area contributed by atoms with Crippen LogP contribution in [0.25, 0.3) is 10.8 Å². The molecule has 2 aliphatic heterocycles. The first-order valence-electron chi connectivity index (χ1n) is 10.7. The van der Waals surface area contributed by atoms with Crippen LogP contribution in [0.3, 0.4) is 0 Å². The number of benzene rings is 2. The highest BCUT2D eigenvalue weighted by Crippen LogP contribution is 2.43. The molecule has 0 spiro atoms. The molecule has 6 nitrogen and oxygen atoms in total. The predicted molar refractivity (Wildman–Crippen MR) is 111 cm³/mol. The summed E-state index contributed by atoms with van der Waals surface area (Å²) < 4.78 is 0. The van der Waals surface area contributed by atoms with Crippen LogP contribution in [0.2, 0.25) is 0 Å². The van der Waals surface area contributed by atoms with Crippen LogP contribution in [0, 0.1) is 5.92 Å². The van der Waals surface area contributed by atoms with Crippen molar-refractivity contribution in [3.8, 4) is 0 Å². The largest absolute Gasteiger partial charge is 0.549 e. The molecular weight excluding hydrogens is 366 g/mol. The fourth-order valence-electron chi connectivity index (χ4n) is 4.97. The smallest absolute Gasteiger partial charge is 0.259 e. The van der Waals surface area contributed by atoms with Gasteiger partial charge in [-0.2, -0.15) is 0 Å². The summed E-state index contributed by atoms with van der Waals surface area (Å²) in [5.74, 6) is -0.261. The second kappa shape index (κ2) is 7.34. The Hall–Kier alpha value is -2.60. The summed E-state index contributed by atoms with van der Waals surface area (Å²) in [5, 5.41) is 13.1. The Kier molecular flexibility index (Phi) is 4.66. The van der Waals surface area contributed by atoms with Gasteiger partial charge in [0.05, 0.1) is 11.7 Å². The number of hydrogen-bond acceptors (Lipinski definition) is 5. The molecule has 1 aliphatic carbocycles. The Bertz CT molecular complexity index is 969. The molecule has 2 aromatic carbocycles. The maximum Gasteiger partial charge on any atom is 0.259 e. The molecule has 1 amide bonds. The highest BCUT2D eigenvalue weighted by molar-refractivity contribution is 6.26. The van der Waals surface area contributed by atoms with Crippen molar-refractivity contribution in [1.82, 2.24) is 4.90 Å². The number of carboxylic acid groups (broad SMARTS) is 1. The fourth-order valence-corrected chi connectivity index (χ4v) is 4.97. The topological polar surface area (TPSA) is 66.9 Å². The lowest BCUT2D eigenvalue weighted by Crippen LogP contribution is -2.40. The van der Waals surface area contributed by atoms with Crippen LogP contribution >= 0.6 is 0 Å². The first-order chi connectivity index (χ1) is 14.1. The van der Waals surface area contributed by atoms with Crippen molar-refractivity contribution < 1.29 is 14.7 Å².